The Kier molecular flexibility index (Phi) is 2.20. The lowest BCUT2D eigenvalue weighted by Gasteiger charge is -1.99. The summed E-state index contributed by atoms with van der Waals surface area (Å²) in [7, 11) is 0. The largest absolute Gasteiger partial charge is 0.475 e. The third-order valence-corrected chi connectivity index (χ3v) is 2.49. The van der Waals surface area contributed by atoms with Crippen molar-refractivity contribution in [2.24, 2.45) is 0 Å². The van der Waals surface area contributed by atoms with E-state index in [0.29, 0.717) is 15.0 Å². The summed E-state index contributed by atoms with van der Waals surface area (Å²) in [5.74, 6) is -1.14. The maximum absolute atomic E-state index is 10.8. The van der Waals surface area contributed by atoms with Crippen LogP contribution in [0.5, 0.6) is 0 Å². The second-order valence-corrected chi connectivity index (χ2v) is 3.97. The highest BCUT2D eigenvalue weighted by molar-refractivity contribution is 9.10. The molecule has 0 unspecified atom stereocenters. The van der Waals surface area contributed by atoms with E-state index in [9.17, 15) is 4.79 Å². The van der Waals surface area contributed by atoms with Crippen LogP contribution < -0.4 is 0 Å². The Morgan fingerprint density at radius 3 is 3.00 bits per heavy atom. The molecule has 0 radical (unpaired) electrons. The van der Waals surface area contributed by atoms with Crippen LogP contribution in [0.15, 0.2) is 22.9 Å². The number of carboxylic acid groups (broad SMARTS) is 1. The number of carboxylic acids is 1. The van der Waals surface area contributed by atoms with Crippen LogP contribution in [0.3, 0.4) is 0 Å². The number of halogens is 2. The van der Waals surface area contributed by atoms with E-state index in [1.807, 2.05) is 0 Å². The van der Waals surface area contributed by atoms with Crippen molar-refractivity contribution in [3.63, 3.8) is 0 Å². The van der Waals surface area contributed by atoms with Crippen LogP contribution in [-0.2, 0) is 0 Å². The number of aromatic nitrogens is 2. The number of aromatic carboxylic acids is 1. The number of pyridine rings is 1. The van der Waals surface area contributed by atoms with Crippen molar-refractivity contribution < 1.29 is 9.90 Å². The Balaban J connectivity index is 2.85. The lowest BCUT2D eigenvalue weighted by atomic mass is 10.4. The van der Waals surface area contributed by atoms with Crippen molar-refractivity contribution >= 4 is 39.0 Å². The van der Waals surface area contributed by atoms with Crippen molar-refractivity contribution in [3.05, 3.63) is 33.8 Å². The first-order valence-electron chi connectivity index (χ1n) is 3.65. The van der Waals surface area contributed by atoms with E-state index in [1.165, 1.54) is 10.6 Å². The molecule has 2 aromatic heterocycles. The van der Waals surface area contributed by atoms with Gasteiger partial charge in [0, 0.05) is 10.7 Å². The average Bonchev–Trinajstić information content (AvgIpc) is 2.47. The molecule has 2 rings (SSSR count). The molecule has 0 atom stereocenters. The van der Waals surface area contributed by atoms with Gasteiger partial charge in [0.05, 0.1) is 16.7 Å². The van der Waals surface area contributed by atoms with E-state index in [0.717, 1.165) is 0 Å². The molecule has 1 N–H and O–H groups in total. The normalized spacial score (nSPS) is 10.7. The molecule has 0 bridgehead atoms. The summed E-state index contributed by atoms with van der Waals surface area (Å²) >= 11 is 9.12. The fraction of sp³-hybridized carbons (Fsp3) is 0. The SMILES string of the molecule is O=C(O)c1ncc2c(Cl)cc(Br)cn12. The first kappa shape index (κ1) is 9.48. The zero-order valence-corrected chi connectivity index (χ0v) is 9.08. The van der Waals surface area contributed by atoms with Gasteiger partial charge in [-0.15, -0.1) is 0 Å². The number of rotatable bonds is 1. The van der Waals surface area contributed by atoms with Crippen LogP contribution >= 0.6 is 27.5 Å². The van der Waals surface area contributed by atoms with Gasteiger partial charge in [-0.2, -0.15) is 0 Å². The Labute approximate surface area is 92.3 Å². The number of hydrogen-bond donors (Lipinski definition) is 1. The third-order valence-electron chi connectivity index (χ3n) is 1.75. The van der Waals surface area contributed by atoms with Gasteiger partial charge >= 0.3 is 5.97 Å². The molecule has 0 aromatic carbocycles. The predicted octanol–water partition coefficient (Wildman–Crippen LogP) is 2.45. The molecule has 2 aromatic rings. The minimum atomic E-state index is -1.08. The fourth-order valence-corrected chi connectivity index (χ4v) is 2.00. The van der Waals surface area contributed by atoms with E-state index < -0.39 is 5.97 Å². The molecular formula is C8H4BrClN2O2. The van der Waals surface area contributed by atoms with E-state index in [-0.39, 0.29) is 5.82 Å². The molecular weight excluding hydrogens is 271 g/mol. The summed E-state index contributed by atoms with van der Waals surface area (Å²) in [6, 6.07) is 1.68. The second kappa shape index (κ2) is 3.25. The molecule has 0 fully saturated rings. The van der Waals surface area contributed by atoms with E-state index >= 15 is 0 Å². The van der Waals surface area contributed by atoms with Crippen molar-refractivity contribution in [1.82, 2.24) is 9.38 Å². The molecule has 0 spiro atoms. The van der Waals surface area contributed by atoms with Gasteiger partial charge < -0.3 is 5.11 Å². The summed E-state index contributed by atoms with van der Waals surface area (Å²) in [6.45, 7) is 0. The molecule has 0 aliphatic carbocycles. The molecule has 6 heteroatoms. The Bertz CT molecular complexity index is 523. The van der Waals surface area contributed by atoms with Gasteiger partial charge in [-0.1, -0.05) is 11.6 Å². The minimum Gasteiger partial charge on any atom is -0.475 e. The van der Waals surface area contributed by atoms with Gasteiger partial charge in [0.15, 0.2) is 0 Å². The Hall–Kier alpha value is -1.07. The zero-order valence-electron chi connectivity index (χ0n) is 6.74. The standard InChI is InChI=1S/C8H4BrClN2O2/c9-4-1-5(10)6-2-11-7(8(13)14)12(6)3-4/h1-3H,(H,13,14). The fourth-order valence-electron chi connectivity index (χ4n) is 1.18. The van der Waals surface area contributed by atoms with Crippen LogP contribution in [0.2, 0.25) is 5.02 Å². The molecule has 0 amide bonds. The maximum atomic E-state index is 10.8. The second-order valence-electron chi connectivity index (χ2n) is 2.65. The highest BCUT2D eigenvalue weighted by atomic mass is 79.9. The van der Waals surface area contributed by atoms with Crippen LogP contribution in [0.4, 0.5) is 0 Å². The predicted molar refractivity (Wildman–Crippen MR) is 54.9 cm³/mol. The van der Waals surface area contributed by atoms with Gasteiger partial charge in [-0.3, -0.25) is 4.40 Å². The quantitative estimate of drug-likeness (QED) is 0.870. The highest BCUT2D eigenvalue weighted by Crippen LogP contribution is 2.23. The minimum absolute atomic E-state index is 0.0526. The van der Waals surface area contributed by atoms with Crippen LogP contribution in [0, 0.1) is 0 Å². The first-order valence-corrected chi connectivity index (χ1v) is 4.82. The number of hydrogen-bond acceptors (Lipinski definition) is 2. The monoisotopic (exact) mass is 274 g/mol. The van der Waals surface area contributed by atoms with Crippen molar-refractivity contribution in [2.45, 2.75) is 0 Å². The molecule has 0 saturated heterocycles. The van der Waals surface area contributed by atoms with Crippen molar-refractivity contribution in [2.75, 3.05) is 0 Å². The van der Waals surface area contributed by atoms with Gasteiger partial charge in [-0.25, -0.2) is 9.78 Å². The zero-order chi connectivity index (χ0) is 10.3. The average molecular weight is 275 g/mol. The van der Waals surface area contributed by atoms with Gasteiger partial charge in [0.1, 0.15) is 0 Å². The molecule has 2 heterocycles. The van der Waals surface area contributed by atoms with E-state index in [1.54, 1.807) is 12.3 Å². The molecule has 0 aliphatic rings. The Morgan fingerprint density at radius 2 is 2.36 bits per heavy atom. The molecule has 14 heavy (non-hydrogen) atoms. The summed E-state index contributed by atoms with van der Waals surface area (Å²) < 4.78 is 2.13. The molecule has 0 saturated carbocycles. The first-order chi connectivity index (χ1) is 6.59. The van der Waals surface area contributed by atoms with Crippen LogP contribution in [-0.4, -0.2) is 20.5 Å². The number of fused-ring (bicyclic) bond motifs is 1. The lowest BCUT2D eigenvalue weighted by molar-refractivity contribution is 0.0683. The Morgan fingerprint density at radius 1 is 1.64 bits per heavy atom. The number of imidazole rings is 1. The summed E-state index contributed by atoms with van der Waals surface area (Å²) in [4.78, 5) is 14.5. The molecule has 0 aliphatic heterocycles. The molecule has 4 nitrogen and oxygen atoms in total. The van der Waals surface area contributed by atoms with E-state index in [4.69, 9.17) is 16.7 Å². The third kappa shape index (κ3) is 1.38. The molecule has 72 valence electrons. The van der Waals surface area contributed by atoms with Crippen LogP contribution in [0.1, 0.15) is 10.6 Å². The number of nitrogens with zero attached hydrogens (tertiary/aromatic N) is 2. The van der Waals surface area contributed by atoms with Gasteiger partial charge in [0.2, 0.25) is 5.82 Å². The maximum Gasteiger partial charge on any atom is 0.372 e. The van der Waals surface area contributed by atoms with Crippen molar-refractivity contribution in [1.29, 1.82) is 0 Å². The topological polar surface area (TPSA) is 54.6 Å². The lowest BCUT2D eigenvalue weighted by Crippen LogP contribution is -2.03. The number of carbonyl (C=O) groups is 1. The summed E-state index contributed by atoms with van der Waals surface area (Å²) in [5.41, 5.74) is 0.576. The van der Waals surface area contributed by atoms with E-state index in [2.05, 4.69) is 20.9 Å². The van der Waals surface area contributed by atoms with Crippen LogP contribution in [0.25, 0.3) is 5.52 Å². The smallest absolute Gasteiger partial charge is 0.372 e. The van der Waals surface area contributed by atoms with Crippen molar-refractivity contribution in [3.8, 4) is 0 Å². The highest BCUT2D eigenvalue weighted by Gasteiger charge is 2.12. The summed E-state index contributed by atoms with van der Waals surface area (Å²) in [6.07, 6.45) is 3.04. The van der Waals surface area contributed by atoms with Gasteiger partial charge in [-0.05, 0) is 22.0 Å². The van der Waals surface area contributed by atoms with Gasteiger partial charge in [0.25, 0.3) is 0 Å². The summed E-state index contributed by atoms with van der Waals surface area (Å²) in [5, 5.41) is 9.27.